The molecule has 0 aromatic heterocycles. The summed E-state index contributed by atoms with van der Waals surface area (Å²) in [6, 6.07) is 7.09. The number of ether oxygens (including phenoxy) is 1. The second kappa shape index (κ2) is 5.40. The fourth-order valence-electron chi connectivity index (χ4n) is 2.13. The maximum absolute atomic E-state index is 11.6. The molecule has 1 fully saturated rings. The average Bonchev–Trinajstić information content (AvgIpc) is 2.73. The van der Waals surface area contributed by atoms with Crippen molar-refractivity contribution >= 4 is 23.4 Å². The molecule has 0 bridgehead atoms. The summed E-state index contributed by atoms with van der Waals surface area (Å²) >= 11 is 5.83. The van der Waals surface area contributed by atoms with Crippen LogP contribution < -0.4 is 0 Å². The van der Waals surface area contributed by atoms with Gasteiger partial charge in [-0.15, -0.1) is 0 Å². The SMILES string of the molecule is COC(=O)C1CCC(=N)N1Cc1ccc(Cl)cc1. The molecule has 1 aliphatic heterocycles. The summed E-state index contributed by atoms with van der Waals surface area (Å²) in [7, 11) is 1.38. The summed E-state index contributed by atoms with van der Waals surface area (Å²) in [6.45, 7) is 0.537. The third kappa shape index (κ3) is 2.64. The van der Waals surface area contributed by atoms with Gasteiger partial charge in [0.1, 0.15) is 6.04 Å². The van der Waals surface area contributed by atoms with E-state index in [4.69, 9.17) is 21.7 Å². The molecule has 0 radical (unpaired) electrons. The first kappa shape index (κ1) is 12.9. The number of halogens is 1. The van der Waals surface area contributed by atoms with Crippen molar-refractivity contribution in [1.82, 2.24) is 4.90 Å². The van der Waals surface area contributed by atoms with Crippen LogP contribution in [0.15, 0.2) is 24.3 Å². The summed E-state index contributed by atoms with van der Waals surface area (Å²) in [5.41, 5.74) is 1.03. The van der Waals surface area contributed by atoms with Crippen molar-refractivity contribution in [2.45, 2.75) is 25.4 Å². The number of carbonyl (C=O) groups is 1. The molecular formula is C13H15ClN2O2. The Morgan fingerprint density at radius 2 is 2.17 bits per heavy atom. The fourth-order valence-corrected chi connectivity index (χ4v) is 2.26. The van der Waals surface area contributed by atoms with Crippen LogP contribution in [0.4, 0.5) is 0 Å². The Kier molecular flexibility index (Phi) is 3.87. The van der Waals surface area contributed by atoms with Gasteiger partial charge >= 0.3 is 5.97 Å². The van der Waals surface area contributed by atoms with E-state index in [1.165, 1.54) is 7.11 Å². The summed E-state index contributed by atoms with van der Waals surface area (Å²) in [5, 5.41) is 8.57. The smallest absolute Gasteiger partial charge is 0.328 e. The van der Waals surface area contributed by atoms with Gasteiger partial charge in [0.2, 0.25) is 0 Å². The molecule has 2 rings (SSSR count). The zero-order valence-electron chi connectivity index (χ0n) is 10.1. The van der Waals surface area contributed by atoms with Crippen molar-refractivity contribution in [3.05, 3.63) is 34.9 Å². The lowest BCUT2D eigenvalue weighted by molar-refractivity contribution is -0.145. The highest BCUT2D eigenvalue weighted by Gasteiger charge is 2.34. The molecule has 0 saturated carbocycles. The largest absolute Gasteiger partial charge is 0.467 e. The Bertz CT molecular complexity index is 459. The number of nitrogens with one attached hydrogen (secondary N) is 1. The molecule has 5 heteroatoms. The quantitative estimate of drug-likeness (QED) is 0.855. The van der Waals surface area contributed by atoms with Gasteiger partial charge in [-0.25, -0.2) is 4.79 Å². The van der Waals surface area contributed by atoms with Crippen molar-refractivity contribution in [2.24, 2.45) is 0 Å². The standard InChI is InChI=1S/C13H15ClN2O2/c1-18-13(17)11-6-7-12(15)16(11)8-9-2-4-10(14)5-3-9/h2-5,11,15H,6-8H2,1H3. The third-order valence-electron chi connectivity index (χ3n) is 3.12. The molecule has 18 heavy (non-hydrogen) atoms. The van der Waals surface area contributed by atoms with E-state index < -0.39 is 0 Å². The average molecular weight is 267 g/mol. The molecule has 1 saturated heterocycles. The number of nitrogens with zero attached hydrogens (tertiary/aromatic N) is 1. The molecule has 1 aromatic carbocycles. The van der Waals surface area contributed by atoms with Gasteiger partial charge in [-0.2, -0.15) is 0 Å². The van der Waals surface area contributed by atoms with Crippen molar-refractivity contribution in [1.29, 1.82) is 5.41 Å². The maximum Gasteiger partial charge on any atom is 0.328 e. The predicted octanol–water partition coefficient (Wildman–Crippen LogP) is 2.45. The van der Waals surface area contributed by atoms with Gasteiger partial charge in [-0.05, 0) is 24.1 Å². The molecule has 4 nitrogen and oxygen atoms in total. The molecule has 0 aliphatic carbocycles. The highest BCUT2D eigenvalue weighted by Crippen LogP contribution is 2.23. The zero-order chi connectivity index (χ0) is 13.1. The Morgan fingerprint density at radius 3 is 2.78 bits per heavy atom. The minimum absolute atomic E-state index is 0.272. The van der Waals surface area contributed by atoms with Crippen LogP contribution >= 0.6 is 11.6 Å². The minimum Gasteiger partial charge on any atom is -0.467 e. The third-order valence-corrected chi connectivity index (χ3v) is 3.37. The van der Waals surface area contributed by atoms with Crippen LogP contribution in [0.25, 0.3) is 0 Å². The highest BCUT2D eigenvalue weighted by molar-refractivity contribution is 6.30. The number of esters is 1. The Hall–Kier alpha value is -1.55. The first-order valence-corrected chi connectivity index (χ1v) is 6.16. The van der Waals surface area contributed by atoms with Crippen LogP contribution in [-0.2, 0) is 16.1 Å². The molecule has 0 amide bonds. The first-order valence-electron chi connectivity index (χ1n) is 5.78. The molecule has 0 spiro atoms. The van der Waals surface area contributed by atoms with E-state index in [-0.39, 0.29) is 12.0 Å². The summed E-state index contributed by atoms with van der Waals surface area (Å²) in [6.07, 6.45) is 1.27. The second-order valence-electron chi connectivity index (χ2n) is 4.28. The number of carbonyl (C=O) groups excluding carboxylic acids is 1. The molecule has 1 aromatic rings. The first-order chi connectivity index (χ1) is 8.61. The van der Waals surface area contributed by atoms with Gasteiger partial charge in [0.25, 0.3) is 0 Å². The van der Waals surface area contributed by atoms with Crippen molar-refractivity contribution in [3.8, 4) is 0 Å². The lowest BCUT2D eigenvalue weighted by Gasteiger charge is -2.24. The normalized spacial score (nSPS) is 19.1. The van der Waals surface area contributed by atoms with E-state index in [0.29, 0.717) is 30.2 Å². The van der Waals surface area contributed by atoms with Gasteiger partial charge in [-0.3, -0.25) is 5.41 Å². The zero-order valence-corrected chi connectivity index (χ0v) is 10.9. The number of likely N-dealkylation sites (tertiary alicyclic amines) is 1. The number of benzene rings is 1. The molecule has 1 aliphatic rings. The van der Waals surface area contributed by atoms with E-state index in [2.05, 4.69) is 0 Å². The van der Waals surface area contributed by atoms with Crippen LogP contribution in [0.1, 0.15) is 18.4 Å². The van der Waals surface area contributed by atoms with Crippen LogP contribution in [0, 0.1) is 5.41 Å². The maximum atomic E-state index is 11.6. The summed E-state index contributed by atoms with van der Waals surface area (Å²) in [5.74, 6) is 0.214. The molecule has 1 unspecified atom stereocenters. The lowest BCUT2D eigenvalue weighted by Crippen LogP contribution is -2.38. The van der Waals surface area contributed by atoms with E-state index in [1.54, 1.807) is 4.90 Å². The Morgan fingerprint density at radius 1 is 1.50 bits per heavy atom. The second-order valence-corrected chi connectivity index (χ2v) is 4.72. The number of hydrogen-bond donors (Lipinski definition) is 1. The van der Waals surface area contributed by atoms with Crippen molar-refractivity contribution in [2.75, 3.05) is 7.11 Å². The predicted molar refractivity (Wildman–Crippen MR) is 69.8 cm³/mol. The van der Waals surface area contributed by atoms with Gasteiger partial charge in [-0.1, -0.05) is 23.7 Å². The molecule has 1 atom stereocenters. The Labute approximate surface area is 111 Å². The molecule has 1 N–H and O–H groups in total. The van der Waals surface area contributed by atoms with Gasteiger partial charge < -0.3 is 9.64 Å². The van der Waals surface area contributed by atoms with Crippen molar-refractivity contribution < 1.29 is 9.53 Å². The van der Waals surface area contributed by atoms with E-state index >= 15 is 0 Å². The minimum atomic E-state index is -0.335. The molecular weight excluding hydrogens is 252 g/mol. The summed E-state index contributed by atoms with van der Waals surface area (Å²) < 4.78 is 4.77. The lowest BCUT2D eigenvalue weighted by atomic mass is 10.2. The van der Waals surface area contributed by atoms with Crippen molar-refractivity contribution in [3.63, 3.8) is 0 Å². The van der Waals surface area contributed by atoms with E-state index in [0.717, 1.165) is 5.56 Å². The molecule has 1 heterocycles. The van der Waals surface area contributed by atoms with Crippen LogP contribution in [-0.4, -0.2) is 29.9 Å². The van der Waals surface area contributed by atoms with Crippen LogP contribution in [0.3, 0.4) is 0 Å². The van der Waals surface area contributed by atoms with Gasteiger partial charge in [0.15, 0.2) is 0 Å². The molecule has 96 valence electrons. The van der Waals surface area contributed by atoms with Crippen LogP contribution in [0.5, 0.6) is 0 Å². The number of methoxy groups -OCH3 is 1. The number of hydrogen-bond acceptors (Lipinski definition) is 3. The van der Waals surface area contributed by atoms with E-state index in [9.17, 15) is 4.79 Å². The number of amidine groups is 1. The Balaban J connectivity index is 2.12. The highest BCUT2D eigenvalue weighted by atomic mass is 35.5. The monoisotopic (exact) mass is 266 g/mol. The van der Waals surface area contributed by atoms with Gasteiger partial charge in [0, 0.05) is 18.0 Å². The summed E-state index contributed by atoms with van der Waals surface area (Å²) in [4.78, 5) is 13.4. The van der Waals surface area contributed by atoms with Gasteiger partial charge in [0.05, 0.1) is 12.9 Å². The van der Waals surface area contributed by atoms with E-state index in [1.807, 2.05) is 24.3 Å². The number of rotatable bonds is 3. The topological polar surface area (TPSA) is 53.4 Å². The van der Waals surface area contributed by atoms with Crippen LogP contribution in [0.2, 0.25) is 5.02 Å². The fraction of sp³-hybridized carbons (Fsp3) is 0.385.